The minimum Gasteiger partial charge on any atom is -0.314 e. The molecule has 4 nitrogen and oxygen atoms in total. The zero-order valence-corrected chi connectivity index (χ0v) is 13.1. The first-order chi connectivity index (χ1) is 8.99. The Morgan fingerprint density at radius 2 is 1.84 bits per heavy atom. The number of piperidine rings is 2. The van der Waals surface area contributed by atoms with E-state index in [0.29, 0.717) is 23.9 Å². The molecule has 19 heavy (non-hydrogen) atoms. The highest BCUT2D eigenvalue weighted by molar-refractivity contribution is 7.90. The summed E-state index contributed by atoms with van der Waals surface area (Å²) in [5, 5.41) is 3.59. The van der Waals surface area contributed by atoms with Gasteiger partial charge in [0.25, 0.3) is 0 Å². The molecule has 0 aromatic carbocycles. The summed E-state index contributed by atoms with van der Waals surface area (Å²) in [5.74, 6) is 0.333. The molecule has 2 rings (SSSR count). The molecule has 0 aliphatic carbocycles. The number of nitrogens with one attached hydrogen (secondary N) is 1. The van der Waals surface area contributed by atoms with Crippen LogP contribution in [0.25, 0.3) is 0 Å². The SMILES string of the molecule is CCNC1CC2CCCC(C1)N2CCCS(C)(=O)=O. The number of fused-ring (bicyclic) bond motifs is 2. The van der Waals surface area contributed by atoms with Crippen LogP contribution in [0.3, 0.4) is 0 Å². The van der Waals surface area contributed by atoms with Crippen molar-refractivity contribution in [2.24, 2.45) is 0 Å². The summed E-state index contributed by atoms with van der Waals surface area (Å²) in [6, 6.07) is 2.03. The Morgan fingerprint density at radius 3 is 2.37 bits per heavy atom. The van der Waals surface area contributed by atoms with Crippen LogP contribution in [0.2, 0.25) is 0 Å². The van der Waals surface area contributed by atoms with Crippen molar-refractivity contribution in [1.29, 1.82) is 0 Å². The van der Waals surface area contributed by atoms with Crippen LogP contribution in [0.5, 0.6) is 0 Å². The van der Waals surface area contributed by atoms with E-state index in [1.165, 1.54) is 38.4 Å². The maximum Gasteiger partial charge on any atom is 0.147 e. The van der Waals surface area contributed by atoms with Crippen LogP contribution >= 0.6 is 0 Å². The van der Waals surface area contributed by atoms with E-state index < -0.39 is 9.84 Å². The first kappa shape index (κ1) is 15.3. The second-order valence-electron chi connectivity index (χ2n) is 6.19. The van der Waals surface area contributed by atoms with Gasteiger partial charge in [0.15, 0.2) is 0 Å². The molecule has 2 saturated heterocycles. The van der Waals surface area contributed by atoms with Crippen LogP contribution < -0.4 is 5.32 Å². The molecular weight excluding hydrogens is 260 g/mol. The van der Waals surface area contributed by atoms with E-state index in [1.807, 2.05) is 0 Å². The van der Waals surface area contributed by atoms with E-state index in [2.05, 4.69) is 17.1 Å². The first-order valence-electron chi connectivity index (χ1n) is 7.66. The Morgan fingerprint density at radius 1 is 1.21 bits per heavy atom. The monoisotopic (exact) mass is 288 g/mol. The predicted molar refractivity (Wildman–Crippen MR) is 79.2 cm³/mol. The third kappa shape index (κ3) is 4.43. The third-order valence-electron chi connectivity index (χ3n) is 4.55. The van der Waals surface area contributed by atoms with Gasteiger partial charge in [0, 0.05) is 24.4 Å². The second-order valence-corrected chi connectivity index (χ2v) is 8.45. The molecule has 5 heteroatoms. The van der Waals surface area contributed by atoms with Gasteiger partial charge in [0.05, 0.1) is 5.75 Å². The number of nitrogens with zero attached hydrogens (tertiary/aromatic N) is 1. The fourth-order valence-corrected chi connectivity index (χ4v) is 4.46. The van der Waals surface area contributed by atoms with Crippen LogP contribution in [0.1, 0.15) is 45.4 Å². The van der Waals surface area contributed by atoms with E-state index >= 15 is 0 Å². The predicted octanol–water partition coefficient (Wildman–Crippen LogP) is 1.42. The molecule has 112 valence electrons. The molecule has 0 aromatic heterocycles. The molecule has 2 fully saturated rings. The summed E-state index contributed by atoms with van der Waals surface area (Å²) in [6.07, 6.45) is 8.53. The van der Waals surface area contributed by atoms with Gasteiger partial charge < -0.3 is 5.32 Å². The maximum atomic E-state index is 11.2. The van der Waals surface area contributed by atoms with Gasteiger partial charge in [0.1, 0.15) is 9.84 Å². The first-order valence-corrected chi connectivity index (χ1v) is 9.72. The van der Waals surface area contributed by atoms with Gasteiger partial charge in [-0.05, 0) is 45.2 Å². The van der Waals surface area contributed by atoms with E-state index in [4.69, 9.17) is 0 Å². The quantitative estimate of drug-likeness (QED) is 0.803. The molecule has 0 spiro atoms. The van der Waals surface area contributed by atoms with Crippen molar-refractivity contribution in [3.63, 3.8) is 0 Å². The van der Waals surface area contributed by atoms with Gasteiger partial charge >= 0.3 is 0 Å². The molecule has 2 aliphatic heterocycles. The highest BCUT2D eigenvalue weighted by Crippen LogP contribution is 2.34. The summed E-state index contributed by atoms with van der Waals surface area (Å²) in [7, 11) is -2.81. The molecular formula is C14H28N2O2S. The van der Waals surface area contributed by atoms with E-state index in [0.717, 1.165) is 19.5 Å². The average Bonchev–Trinajstić information content (AvgIpc) is 2.28. The highest BCUT2D eigenvalue weighted by atomic mass is 32.2. The molecule has 0 aromatic rings. The minimum absolute atomic E-state index is 0.333. The van der Waals surface area contributed by atoms with Crippen molar-refractivity contribution in [2.45, 2.75) is 63.6 Å². The molecule has 2 atom stereocenters. The van der Waals surface area contributed by atoms with Gasteiger partial charge in [-0.15, -0.1) is 0 Å². The van der Waals surface area contributed by atoms with Crippen molar-refractivity contribution in [3.05, 3.63) is 0 Å². The van der Waals surface area contributed by atoms with Crippen molar-refractivity contribution in [1.82, 2.24) is 10.2 Å². The van der Waals surface area contributed by atoms with Crippen LogP contribution in [0, 0.1) is 0 Å². The van der Waals surface area contributed by atoms with Gasteiger partial charge in [-0.2, -0.15) is 0 Å². The number of hydrogen-bond donors (Lipinski definition) is 1. The van der Waals surface area contributed by atoms with Crippen molar-refractivity contribution >= 4 is 9.84 Å². The smallest absolute Gasteiger partial charge is 0.147 e. The lowest BCUT2D eigenvalue weighted by molar-refractivity contribution is 0.0253. The Kier molecular flexibility index (Phi) is 5.26. The summed E-state index contributed by atoms with van der Waals surface area (Å²) in [4.78, 5) is 2.60. The molecule has 2 unspecified atom stereocenters. The Labute approximate surface area is 117 Å². The molecule has 1 N–H and O–H groups in total. The number of sulfone groups is 1. The summed E-state index contributed by atoms with van der Waals surface area (Å²) >= 11 is 0. The van der Waals surface area contributed by atoms with E-state index in [-0.39, 0.29) is 0 Å². The van der Waals surface area contributed by atoms with Crippen molar-refractivity contribution in [3.8, 4) is 0 Å². The molecule has 0 amide bonds. The molecule has 2 heterocycles. The number of hydrogen-bond acceptors (Lipinski definition) is 4. The van der Waals surface area contributed by atoms with Crippen molar-refractivity contribution in [2.75, 3.05) is 25.1 Å². The van der Waals surface area contributed by atoms with Crippen LogP contribution in [0.15, 0.2) is 0 Å². The van der Waals surface area contributed by atoms with Crippen LogP contribution in [-0.4, -0.2) is 56.5 Å². The molecule has 2 bridgehead atoms. The topological polar surface area (TPSA) is 49.4 Å². The summed E-state index contributed by atoms with van der Waals surface area (Å²) in [5.41, 5.74) is 0. The fraction of sp³-hybridized carbons (Fsp3) is 1.00. The lowest BCUT2D eigenvalue weighted by Crippen LogP contribution is -2.56. The lowest BCUT2D eigenvalue weighted by atomic mass is 9.81. The second kappa shape index (κ2) is 6.55. The van der Waals surface area contributed by atoms with E-state index in [1.54, 1.807) is 0 Å². The fourth-order valence-electron chi connectivity index (χ4n) is 3.81. The Balaban J connectivity index is 1.87. The Bertz CT molecular complexity index is 369. The van der Waals surface area contributed by atoms with Crippen LogP contribution in [-0.2, 0) is 9.84 Å². The Hall–Kier alpha value is -0.130. The summed E-state index contributed by atoms with van der Waals surface area (Å²) in [6.45, 7) is 4.19. The minimum atomic E-state index is -2.81. The standard InChI is InChI=1S/C14H28N2O2S/c1-3-15-12-10-13-6-4-7-14(11-12)16(13)8-5-9-19(2,17)18/h12-15H,3-11H2,1-2H3. The van der Waals surface area contributed by atoms with Gasteiger partial charge in [-0.3, -0.25) is 4.90 Å². The number of rotatable bonds is 6. The highest BCUT2D eigenvalue weighted by Gasteiger charge is 2.37. The van der Waals surface area contributed by atoms with Gasteiger partial charge in [0.2, 0.25) is 0 Å². The molecule has 2 aliphatic rings. The zero-order valence-electron chi connectivity index (χ0n) is 12.3. The van der Waals surface area contributed by atoms with Crippen molar-refractivity contribution < 1.29 is 8.42 Å². The maximum absolute atomic E-state index is 11.2. The molecule has 0 radical (unpaired) electrons. The van der Waals surface area contributed by atoms with Gasteiger partial charge in [-0.25, -0.2) is 8.42 Å². The normalized spacial score (nSPS) is 32.4. The lowest BCUT2D eigenvalue weighted by Gasteiger charge is -2.49. The molecule has 0 saturated carbocycles. The zero-order chi connectivity index (χ0) is 13.9. The van der Waals surface area contributed by atoms with E-state index in [9.17, 15) is 8.42 Å². The van der Waals surface area contributed by atoms with Crippen LogP contribution in [0.4, 0.5) is 0 Å². The largest absolute Gasteiger partial charge is 0.314 e. The summed E-state index contributed by atoms with van der Waals surface area (Å²) < 4.78 is 22.5. The average molecular weight is 288 g/mol. The third-order valence-corrected chi connectivity index (χ3v) is 5.58. The van der Waals surface area contributed by atoms with Gasteiger partial charge in [-0.1, -0.05) is 13.3 Å².